The van der Waals surface area contributed by atoms with Crippen LogP contribution in [0.2, 0.25) is 0 Å². The third kappa shape index (κ3) is 3.44. The van der Waals surface area contributed by atoms with Crippen LogP contribution in [-0.4, -0.2) is 28.3 Å². The zero-order valence-electron chi connectivity index (χ0n) is 10.5. The van der Waals surface area contributed by atoms with Crippen LogP contribution in [-0.2, 0) is 13.1 Å². The SMILES string of the molecule is CN(CCn1cccn1)Cc1cccc(C#N)c1. The summed E-state index contributed by atoms with van der Waals surface area (Å²) in [6.07, 6.45) is 3.75. The van der Waals surface area contributed by atoms with Crippen LogP contribution in [0.1, 0.15) is 11.1 Å². The highest BCUT2D eigenvalue weighted by molar-refractivity contribution is 5.32. The van der Waals surface area contributed by atoms with Crippen LogP contribution in [0.5, 0.6) is 0 Å². The molecular formula is C14H16N4. The molecule has 18 heavy (non-hydrogen) atoms. The van der Waals surface area contributed by atoms with Crippen LogP contribution < -0.4 is 0 Å². The Morgan fingerprint density at radius 2 is 2.28 bits per heavy atom. The minimum absolute atomic E-state index is 0.716. The van der Waals surface area contributed by atoms with E-state index in [1.54, 1.807) is 6.20 Å². The molecule has 1 heterocycles. The molecular weight excluding hydrogens is 224 g/mol. The molecule has 0 amide bonds. The Balaban J connectivity index is 1.87. The van der Waals surface area contributed by atoms with Crippen molar-refractivity contribution in [3.05, 3.63) is 53.9 Å². The van der Waals surface area contributed by atoms with E-state index >= 15 is 0 Å². The monoisotopic (exact) mass is 240 g/mol. The summed E-state index contributed by atoms with van der Waals surface area (Å²) in [6.45, 7) is 2.65. The lowest BCUT2D eigenvalue weighted by Gasteiger charge is -2.16. The van der Waals surface area contributed by atoms with Gasteiger partial charge in [-0.2, -0.15) is 10.4 Å². The highest BCUT2D eigenvalue weighted by Crippen LogP contribution is 2.06. The van der Waals surface area contributed by atoms with Crippen molar-refractivity contribution < 1.29 is 0 Å². The van der Waals surface area contributed by atoms with Crippen molar-refractivity contribution >= 4 is 0 Å². The first-order valence-electron chi connectivity index (χ1n) is 5.93. The summed E-state index contributed by atoms with van der Waals surface area (Å²) in [5.74, 6) is 0. The molecule has 0 atom stereocenters. The van der Waals surface area contributed by atoms with Crippen molar-refractivity contribution in [2.45, 2.75) is 13.1 Å². The lowest BCUT2D eigenvalue weighted by molar-refractivity contribution is 0.305. The molecule has 2 rings (SSSR count). The van der Waals surface area contributed by atoms with E-state index in [0.717, 1.165) is 25.2 Å². The molecule has 2 aromatic rings. The number of hydrogen-bond donors (Lipinski definition) is 0. The second-order valence-corrected chi connectivity index (χ2v) is 4.32. The quantitative estimate of drug-likeness (QED) is 0.801. The van der Waals surface area contributed by atoms with E-state index < -0.39 is 0 Å². The maximum atomic E-state index is 8.85. The van der Waals surface area contributed by atoms with E-state index in [9.17, 15) is 0 Å². The molecule has 0 radical (unpaired) electrons. The zero-order chi connectivity index (χ0) is 12.8. The molecule has 0 unspecified atom stereocenters. The van der Waals surface area contributed by atoms with Gasteiger partial charge in [0.1, 0.15) is 0 Å². The van der Waals surface area contributed by atoms with Gasteiger partial charge < -0.3 is 4.90 Å². The van der Waals surface area contributed by atoms with E-state index in [-0.39, 0.29) is 0 Å². The summed E-state index contributed by atoms with van der Waals surface area (Å²) in [5.41, 5.74) is 1.88. The van der Waals surface area contributed by atoms with Gasteiger partial charge in [0.05, 0.1) is 18.2 Å². The number of aromatic nitrogens is 2. The summed E-state index contributed by atoms with van der Waals surface area (Å²) in [4.78, 5) is 2.22. The second-order valence-electron chi connectivity index (χ2n) is 4.32. The number of rotatable bonds is 5. The fraction of sp³-hybridized carbons (Fsp3) is 0.286. The van der Waals surface area contributed by atoms with E-state index in [1.165, 1.54) is 0 Å². The summed E-state index contributed by atoms with van der Waals surface area (Å²) in [7, 11) is 2.07. The van der Waals surface area contributed by atoms with Crippen molar-refractivity contribution in [3.63, 3.8) is 0 Å². The highest BCUT2D eigenvalue weighted by atomic mass is 15.3. The smallest absolute Gasteiger partial charge is 0.0991 e. The lowest BCUT2D eigenvalue weighted by Crippen LogP contribution is -2.23. The Labute approximate surface area is 107 Å². The van der Waals surface area contributed by atoms with Crippen LogP contribution >= 0.6 is 0 Å². The van der Waals surface area contributed by atoms with Crippen LogP contribution in [0.15, 0.2) is 42.7 Å². The Hall–Kier alpha value is -2.12. The zero-order valence-corrected chi connectivity index (χ0v) is 10.5. The van der Waals surface area contributed by atoms with Crippen LogP contribution in [0.25, 0.3) is 0 Å². The fourth-order valence-electron chi connectivity index (χ4n) is 1.84. The number of benzene rings is 1. The van der Waals surface area contributed by atoms with Crippen LogP contribution in [0, 0.1) is 11.3 Å². The number of nitriles is 1. The van der Waals surface area contributed by atoms with Crippen molar-refractivity contribution in [3.8, 4) is 6.07 Å². The van der Waals surface area contributed by atoms with Gasteiger partial charge in [-0.1, -0.05) is 12.1 Å². The van der Waals surface area contributed by atoms with Gasteiger partial charge in [-0.25, -0.2) is 0 Å². The molecule has 0 aliphatic heterocycles. The maximum absolute atomic E-state index is 8.85. The first kappa shape index (κ1) is 12.3. The fourth-order valence-corrected chi connectivity index (χ4v) is 1.84. The topological polar surface area (TPSA) is 44.9 Å². The van der Waals surface area contributed by atoms with Crippen LogP contribution in [0.3, 0.4) is 0 Å². The van der Waals surface area contributed by atoms with Crippen molar-refractivity contribution in [1.82, 2.24) is 14.7 Å². The number of nitrogens with zero attached hydrogens (tertiary/aromatic N) is 4. The van der Waals surface area contributed by atoms with E-state index in [4.69, 9.17) is 5.26 Å². The maximum Gasteiger partial charge on any atom is 0.0991 e. The molecule has 0 saturated carbocycles. The molecule has 0 N–H and O–H groups in total. The Kier molecular flexibility index (Phi) is 4.11. The third-order valence-corrected chi connectivity index (χ3v) is 2.78. The normalized spacial score (nSPS) is 10.5. The van der Waals surface area contributed by atoms with E-state index in [1.807, 2.05) is 41.2 Å². The van der Waals surface area contributed by atoms with Gasteiger partial charge in [-0.15, -0.1) is 0 Å². The molecule has 4 nitrogen and oxygen atoms in total. The van der Waals surface area contributed by atoms with Crippen molar-refractivity contribution in [1.29, 1.82) is 5.26 Å². The summed E-state index contributed by atoms with van der Waals surface area (Å²) < 4.78 is 1.92. The van der Waals surface area contributed by atoms with Gasteiger partial charge in [0.25, 0.3) is 0 Å². The van der Waals surface area contributed by atoms with Gasteiger partial charge in [0, 0.05) is 25.5 Å². The third-order valence-electron chi connectivity index (χ3n) is 2.78. The first-order chi connectivity index (χ1) is 8.78. The minimum atomic E-state index is 0.716. The Morgan fingerprint density at radius 1 is 1.39 bits per heavy atom. The van der Waals surface area contributed by atoms with Gasteiger partial charge >= 0.3 is 0 Å². The summed E-state index contributed by atoms with van der Waals surface area (Å²) in [5, 5.41) is 13.0. The molecule has 0 bridgehead atoms. The minimum Gasteiger partial charge on any atom is -0.300 e. The average Bonchev–Trinajstić information content (AvgIpc) is 2.90. The molecule has 1 aromatic carbocycles. The number of hydrogen-bond acceptors (Lipinski definition) is 3. The molecule has 4 heteroatoms. The van der Waals surface area contributed by atoms with Crippen molar-refractivity contribution in [2.24, 2.45) is 0 Å². The highest BCUT2D eigenvalue weighted by Gasteiger charge is 2.01. The molecule has 0 aliphatic carbocycles. The lowest BCUT2D eigenvalue weighted by atomic mass is 10.1. The molecule has 1 aromatic heterocycles. The van der Waals surface area contributed by atoms with Gasteiger partial charge in [-0.3, -0.25) is 4.68 Å². The Morgan fingerprint density at radius 3 is 3.00 bits per heavy atom. The molecule has 0 fully saturated rings. The predicted molar refractivity (Wildman–Crippen MR) is 69.7 cm³/mol. The van der Waals surface area contributed by atoms with Crippen LogP contribution in [0.4, 0.5) is 0 Å². The second kappa shape index (κ2) is 5.99. The van der Waals surface area contributed by atoms with Gasteiger partial charge in [0.2, 0.25) is 0 Å². The van der Waals surface area contributed by atoms with E-state index in [2.05, 4.69) is 23.1 Å². The average molecular weight is 240 g/mol. The first-order valence-corrected chi connectivity index (χ1v) is 5.93. The Bertz CT molecular complexity index is 525. The summed E-state index contributed by atoms with van der Waals surface area (Å²) in [6, 6.07) is 11.8. The number of likely N-dealkylation sites (N-methyl/N-ethyl adjacent to an activating group) is 1. The molecule has 0 aliphatic rings. The molecule has 0 saturated heterocycles. The van der Waals surface area contributed by atoms with Crippen molar-refractivity contribution in [2.75, 3.05) is 13.6 Å². The van der Waals surface area contributed by atoms with Gasteiger partial charge in [-0.05, 0) is 30.8 Å². The molecule has 0 spiro atoms. The summed E-state index contributed by atoms with van der Waals surface area (Å²) >= 11 is 0. The largest absolute Gasteiger partial charge is 0.300 e. The molecule has 92 valence electrons. The van der Waals surface area contributed by atoms with Gasteiger partial charge in [0.15, 0.2) is 0 Å². The van der Waals surface area contributed by atoms with E-state index in [0.29, 0.717) is 5.56 Å². The predicted octanol–water partition coefficient (Wildman–Crippen LogP) is 1.89. The standard InChI is InChI=1S/C14H16N4/c1-17(8-9-18-7-3-6-16-18)12-14-5-2-4-13(10-14)11-15/h2-7,10H,8-9,12H2,1H3.